The number of likely N-dealkylation sites (tertiary alicyclic amines) is 1. The van der Waals surface area contributed by atoms with Crippen LogP contribution in [0.25, 0.3) is 0 Å². The van der Waals surface area contributed by atoms with Gasteiger partial charge in [-0.3, -0.25) is 4.90 Å². The van der Waals surface area contributed by atoms with Crippen LogP contribution in [0.1, 0.15) is 24.9 Å². The van der Waals surface area contributed by atoms with E-state index in [9.17, 15) is 4.39 Å². The van der Waals surface area contributed by atoms with Crippen LogP contribution in [0, 0.1) is 5.82 Å². The van der Waals surface area contributed by atoms with Crippen LogP contribution in [0.5, 0.6) is 0 Å². The van der Waals surface area contributed by atoms with Crippen molar-refractivity contribution in [1.82, 2.24) is 4.90 Å². The molecule has 0 saturated carbocycles. The van der Waals surface area contributed by atoms with Crippen LogP contribution in [-0.2, 0) is 0 Å². The maximum absolute atomic E-state index is 13.4. The van der Waals surface area contributed by atoms with Gasteiger partial charge >= 0.3 is 0 Å². The zero-order valence-corrected chi connectivity index (χ0v) is 10.0. The predicted molar refractivity (Wildman–Crippen MR) is 64.0 cm³/mol. The molecule has 2 rings (SSSR count). The molecule has 1 fully saturated rings. The number of nitrogens with zero attached hydrogens (tertiary/aromatic N) is 1. The summed E-state index contributed by atoms with van der Waals surface area (Å²) in [6.07, 6.45) is 0.961. The number of halogens is 2. The van der Waals surface area contributed by atoms with Gasteiger partial charge in [-0.05, 0) is 30.7 Å². The van der Waals surface area contributed by atoms with Crippen LogP contribution in [0.3, 0.4) is 0 Å². The molecular formula is C12H16ClFN2. The molecule has 1 heterocycles. The molecule has 0 bridgehead atoms. The van der Waals surface area contributed by atoms with Crippen molar-refractivity contribution in [1.29, 1.82) is 0 Å². The monoisotopic (exact) mass is 242 g/mol. The van der Waals surface area contributed by atoms with E-state index in [1.54, 1.807) is 6.07 Å². The quantitative estimate of drug-likeness (QED) is 0.864. The van der Waals surface area contributed by atoms with Crippen molar-refractivity contribution in [3.63, 3.8) is 0 Å². The maximum atomic E-state index is 13.4. The van der Waals surface area contributed by atoms with Gasteiger partial charge in [0.05, 0.1) is 11.1 Å². The molecule has 0 spiro atoms. The fourth-order valence-electron chi connectivity index (χ4n) is 2.39. The number of hydrogen-bond donors (Lipinski definition) is 1. The first-order chi connectivity index (χ1) is 7.63. The lowest BCUT2D eigenvalue weighted by molar-refractivity contribution is 0.260. The van der Waals surface area contributed by atoms with E-state index in [1.165, 1.54) is 6.07 Å². The Bertz CT molecular complexity index is 383. The minimum absolute atomic E-state index is 0.0838. The summed E-state index contributed by atoms with van der Waals surface area (Å²) in [7, 11) is 0. The van der Waals surface area contributed by atoms with Gasteiger partial charge in [0.15, 0.2) is 0 Å². The average molecular weight is 243 g/mol. The highest BCUT2D eigenvalue weighted by molar-refractivity contribution is 6.30. The Morgan fingerprint density at radius 3 is 2.94 bits per heavy atom. The molecule has 0 radical (unpaired) electrons. The van der Waals surface area contributed by atoms with Gasteiger partial charge in [0.25, 0.3) is 0 Å². The van der Waals surface area contributed by atoms with Crippen LogP contribution in [0.4, 0.5) is 4.39 Å². The van der Waals surface area contributed by atoms with E-state index in [-0.39, 0.29) is 22.9 Å². The fraction of sp³-hybridized carbons (Fsp3) is 0.500. The van der Waals surface area contributed by atoms with Gasteiger partial charge < -0.3 is 5.73 Å². The normalized spacial score (nSPS) is 26.2. The van der Waals surface area contributed by atoms with Crippen LogP contribution in [-0.4, -0.2) is 24.0 Å². The fourth-order valence-corrected chi connectivity index (χ4v) is 2.51. The summed E-state index contributed by atoms with van der Waals surface area (Å²) in [6.45, 7) is 4.01. The number of nitrogens with two attached hydrogens (primary N) is 1. The smallest absolute Gasteiger partial charge is 0.142 e. The van der Waals surface area contributed by atoms with Gasteiger partial charge in [-0.2, -0.15) is 0 Å². The van der Waals surface area contributed by atoms with Gasteiger partial charge in [0.1, 0.15) is 5.82 Å². The highest BCUT2D eigenvalue weighted by Gasteiger charge is 2.31. The van der Waals surface area contributed by atoms with Gasteiger partial charge in [0, 0.05) is 12.6 Å². The molecule has 2 nitrogen and oxygen atoms in total. The Kier molecular flexibility index (Phi) is 3.47. The zero-order valence-electron chi connectivity index (χ0n) is 9.29. The Morgan fingerprint density at radius 1 is 1.56 bits per heavy atom. The first-order valence-corrected chi connectivity index (χ1v) is 5.96. The lowest BCUT2D eigenvalue weighted by Crippen LogP contribution is -2.31. The zero-order chi connectivity index (χ0) is 11.7. The van der Waals surface area contributed by atoms with Crippen molar-refractivity contribution < 1.29 is 4.39 Å². The van der Waals surface area contributed by atoms with Gasteiger partial charge in [0.2, 0.25) is 0 Å². The third-order valence-electron chi connectivity index (χ3n) is 3.24. The van der Waals surface area contributed by atoms with Gasteiger partial charge in [-0.1, -0.05) is 24.6 Å². The van der Waals surface area contributed by atoms with Crippen molar-refractivity contribution in [2.24, 2.45) is 5.73 Å². The molecule has 0 aliphatic carbocycles. The molecule has 2 atom stereocenters. The maximum Gasteiger partial charge on any atom is 0.142 e. The van der Waals surface area contributed by atoms with E-state index in [1.807, 2.05) is 6.07 Å². The molecule has 1 aromatic carbocycles. The molecule has 88 valence electrons. The second-order valence-corrected chi connectivity index (χ2v) is 4.61. The second-order valence-electron chi connectivity index (χ2n) is 4.20. The van der Waals surface area contributed by atoms with Gasteiger partial charge in [-0.25, -0.2) is 4.39 Å². The summed E-state index contributed by atoms with van der Waals surface area (Å²) in [5.74, 6) is -0.366. The van der Waals surface area contributed by atoms with Crippen LogP contribution < -0.4 is 5.73 Å². The lowest BCUT2D eigenvalue weighted by atomic mass is 10.0. The summed E-state index contributed by atoms with van der Waals surface area (Å²) in [6, 6.07) is 5.17. The van der Waals surface area contributed by atoms with Crippen LogP contribution >= 0.6 is 11.6 Å². The van der Waals surface area contributed by atoms with E-state index in [4.69, 9.17) is 17.3 Å². The first kappa shape index (κ1) is 11.8. The Morgan fingerprint density at radius 2 is 2.31 bits per heavy atom. The molecule has 2 N–H and O–H groups in total. The number of benzene rings is 1. The summed E-state index contributed by atoms with van der Waals surface area (Å²) < 4.78 is 13.4. The number of rotatable bonds is 2. The van der Waals surface area contributed by atoms with Crippen molar-refractivity contribution in [3.05, 3.63) is 34.6 Å². The summed E-state index contributed by atoms with van der Waals surface area (Å²) in [4.78, 5) is 2.27. The van der Waals surface area contributed by atoms with Gasteiger partial charge in [-0.15, -0.1) is 0 Å². The summed E-state index contributed by atoms with van der Waals surface area (Å²) in [5, 5.41) is 0.165. The number of likely N-dealkylation sites (N-methyl/N-ethyl adjacent to an activating group) is 1. The third kappa shape index (κ3) is 2.08. The standard InChI is InChI=1S/C12H16ClFN2/c1-2-16-6-5-11(15)12(16)8-3-4-9(13)10(14)7-8/h3-4,7,11-12H,2,5-6,15H2,1H3. The molecule has 0 aromatic heterocycles. The average Bonchev–Trinajstić information content (AvgIpc) is 2.64. The SMILES string of the molecule is CCN1CCC(N)C1c1ccc(Cl)c(F)c1. The summed E-state index contributed by atoms with van der Waals surface area (Å²) >= 11 is 5.67. The largest absolute Gasteiger partial charge is 0.326 e. The molecule has 1 aromatic rings. The second kappa shape index (κ2) is 4.70. The van der Waals surface area contributed by atoms with E-state index >= 15 is 0 Å². The molecule has 1 aliphatic heterocycles. The van der Waals surface area contributed by atoms with Crippen molar-refractivity contribution in [3.8, 4) is 0 Å². The first-order valence-electron chi connectivity index (χ1n) is 5.58. The molecule has 4 heteroatoms. The molecule has 0 amide bonds. The molecule has 16 heavy (non-hydrogen) atoms. The van der Waals surface area contributed by atoms with E-state index in [2.05, 4.69) is 11.8 Å². The Labute approximate surface area is 100 Å². The summed E-state index contributed by atoms with van der Waals surface area (Å²) in [5.41, 5.74) is 6.99. The topological polar surface area (TPSA) is 29.3 Å². The minimum atomic E-state index is -0.366. The highest BCUT2D eigenvalue weighted by Crippen LogP contribution is 2.32. The highest BCUT2D eigenvalue weighted by atomic mass is 35.5. The van der Waals surface area contributed by atoms with Crippen molar-refractivity contribution in [2.75, 3.05) is 13.1 Å². The lowest BCUT2D eigenvalue weighted by Gasteiger charge is -2.25. The third-order valence-corrected chi connectivity index (χ3v) is 3.55. The van der Waals surface area contributed by atoms with Crippen LogP contribution in [0.2, 0.25) is 5.02 Å². The molecule has 1 saturated heterocycles. The van der Waals surface area contributed by atoms with Crippen molar-refractivity contribution in [2.45, 2.75) is 25.4 Å². The van der Waals surface area contributed by atoms with E-state index in [0.717, 1.165) is 25.1 Å². The Hall–Kier alpha value is -0.640. The van der Waals surface area contributed by atoms with Crippen LogP contribution in [0.15, 0.2) is 18.2 Å². The number of hydrogen-bond acceptors (Lipinski definition) is 2. The molecule has 2 unspecified atom stereocenters. The minimum Gasteiger partial charge on any atom is -0.326 e. The molecular weight excluding hydrogens is 227 g/mol. The predicted octanol–water partition coefficient (Wildman–Crippen LogP) is 2.57. The Balaban J connectivity index is 2.31. The molecule has 1 aliphatic rings. The van der Waals surface area contributed by atoms with E-state index < -0.39 is 0 Å². The van der Waals surface area contributed by atoms with Crippen molar-refractivity contribution >= 4 is 11.6 Å². The van der Waals surface area contributed by atoms with E-state index in [0.29, 0.717) is 0 Å².